The third kappa shape index (κ3) is 4.81. The van der Waals surface area contributed by atoms with Crippen LogP contribution < -0.4 is 0 Å². The van der Waals surface area contributed by atoms with Gasteiger partial charge in [-0.25, -0.2) is 4.98 Å². The molecule has 1 heterocycles. The molecule has 0 saturated heterocycles. The Balaban J connectivity index is 0.000000187. The lowest BCUT2D eigenvalue weighted by Gasteiger charge is -1.66. The number of allylic oxidation sites excluding steroid dienone is 1. The molecule has 1 aromatic heterocycles. The molecule has 0 radical (unpaired) electrons. The van der Waals surface area contributed by atoms with Crippen molar-refractivity contribution in [3.63, 3.8) is 0 Å². The molecule has 50 valence electrons. The van der Waals surface area contributed by atoms with Crippen LogP contribution in [-0.4, -0.2) is 4.98 Å². The third-order valence-corrected chi connectivity index (χ3v) is 0.556. The fraction of sp³-hybridized carbons (Fsp3) is 0.286. The van der Waals surface area contributed by atoms with Gasteiger partial charge in [0, 0.05) is 0 Å². The number of aryl methyl sites for hydroxylation is 1. The van der Waals surface area contributed by atoms with E-state index in [4.69, 9.17) is 4.42 Å². The van der Waals surface area contributed by atoms with Crippen LogP contribution in [0.5, 0.6) is 0 Å². The molecule has 0 aliphatic heterocycles. The Morgan fingerprint density at radius 3 is 2.44 bits per heavy atom. The first kappa shape index (κ1) is 7.95. The first-order valence-corrected chi connectivity index (χ1v) is 2.73. The van der Waals surface area contributed by atoms with Gasteiger partial charge in [0.1, 0.15) is 5.76 Å². The highest BCUT2D eigenvalue weighted by atomic mass is 16.3. The summed E-state index contributed by atoms with van der Waals surface area (Å²) in [6.45, 7) is 7.10. The van der Waals surface area contributed by atoms with E-state index in [-0.39, 0.29) is 0 Å². The smallest absolute Gasteiger partial charge is 0.180 e. The average molecular weight is 125 g/mol. The van der Waals surface area contributed by atoms with Crippen LogP contribution in [0.4, 0.5) is 0 Å². The van der Waals surface area contributed by atoms with Gasteiger partial charge in [-0.3, -0.25) is 0 Å². The predicted octanol–water partition coefficient (Wildman–Crippen LogP) is 2.18. The normalized spacial score (nSPS) is 7.33. The van der Waals surface area contributed by atoms with Gasteiger partial charge in [0.25, 0.3) is 0 Å². The van der Waals surface area contributed by atoms with Gasteiger partial charge >= 0.3 is 0 Å². The summed E-state index contributed by atoms with van der Waals surface area (Å²) in [7, 11) is 0. The summed E-state index contributed by atoms with van der Waals surface area (Å²) < 4.78 is 4.72. The lowest BCUT2D eigenvalue weighted by Crippen LogP contribution is -1.50. The van der Waals surface area contributed by atoms with Crippen LogP contribution in [0.1, 0.15) is 12.7 Å². The van der Waals surface area contributed by atoms with E-state index >= 15 is 0 Å². The second kappa shape index (κ2) is 5.09. The predicted molar refractivity (Wildman–Crippen MR) is 37.1 cm³/mol. The van der Waals surface area contributed by atoms with Crippen LogP contribution in [0.2, 0.25) is 0 Å². The zero-order chi connectivity index (χ0) is 7.11. The zero-order valence-electron chi connectivity index (χ0n) is 5.79. The van der Waals surface area contributed by atoms with Crippen LogP contribution in [0.3, 0.4) is 0 Å². The third-order valence-electron chi connectivity index (χ3n) is 0.556. The van der Waals surface area contributed by atoms with Gasteiger partial charge in [-0.2, -0.15) is 0 Å². The SMILES string of the molecule is C=CC.Cc1cnco1. The monoisotopic (exact) mass is 125 g/mol. The highest BCUT2D eigenvalue weighted by Crippen LogP contribution is 1.88. The van der Waals surface area contributed by atoms with Gasteiger partial charge in [-0.05, 0) is 13.8 Å². The Kier molecular flexibility index (Phi) is 4.50. The molecule has 1 rings (SSSR count). The fourth-order valence-electron chi connectivity index (χ4n) is 0.279. The molecule has 2 nitrogen and oxygen atoms in total. The molecule has 0 fully saturated rings. The van der Waals surface area contributed by atoms with E-state index in [0.717, 1.165) is 5.76 Å². The molecule has 0 spiro atoms. The number of hydrogen-bond donors (Lipinski definition) is 0. The maximum Gasteiger partial charge on any atom is 0.180 e. The van der Waals surface area contributed by atoms with E-state index < -0.39 is 0 Å². The van der Waals surface area contributed by atoms with Crippen molar-refractivity contribution in [1.29, 1.82) is 0 Å². The molecular formula is C7H11NO. The van der Waals surface area contributed by atoms with E-state index in [0.29, 0.717) is 0 Å². The second-order valence-electron chi connectivity index (χ2n) is 1.52. The lowest BCUT2D eigenvalue weighted by atomic mass is 10.6. The summed E-state index contributed by atoms with van der Waals surface area (Å²) >= 11 is 0. The molecule has 0 bridgehead atoms. The quantitative estimate of drug-likeness (QED) is 0.497. The number of nitrogens with zero attached hydrogens (tertiary/aromatic N) is 1. The minimum atomic E-state index is 0.856. The average Bonchev–Trinajstić information content (AvgIpc) is 2.20. The van der Waals surface area contributed by atoms with E-state index in [9.17, 15) is 0 Å². The first-order valence-electron chi connectivity index (χ1n) is 2.73. The molecule has 0 atom stereocenters. The maximum absolute atomic E-state index is 4.72. The first-order chi connectivity index (χ1) is 4.31. The molecule has 0 unspecified atom stereocenters. The van der Waals surface area contributed by atoms with Crippen molar-refractivity contribution >= 4 is 0 Å². The van der Waals surface area contributed by atoms with Gasteiger partial charge in [0.05, 0.1) is 6.20 Å². The maximum atomic E-state index is 4.72. The Morgan fingerprint density at radius 2 is 2.33 bits per heavy atom. The van der Waals surface area contributed by atoms with Gasteiger partial charge in [0.15, 0.2) is 6.39 Å². The number of rotatable bonds is 0. The molecule has 9 heavy (non-hydrogen) atoms. The van der Waals surface area contributed by atoms with Crippen LogP contribution in [0, 0.1) is 6.92 Å². The lowest BCUT2D eigenvalue weighted by molar-refractivity contribution is 0.527. The number of oxazole rings is 1. The van der Waals surface area contributed by atoms with Crippen LogP contribution in [-0.2, 0) is 0 Å². The summed E-state index contributed by atoms with van der Waals surface area (Å²) in [4.78, 5) is 3.66. The largest absolute Gasteiger partial charge is 0.449 e. The van der Waals surface area contributed by atoms with Crippen molar-refractivity contribution in [3.05, 3.63) is 31.0 Å². The summed E-state index contributed by atoms with van der Waals surface area (Å²) in [6, 6.07) is 0. The van der Waals surface area contributed by atoms with Crippen LogP contribution >= 0.6 is 0 Å². The van der Waals surface area contributed by atoms with E-state index in [1.807, 2.05) is 13.8 Å². The molecule has 0 aliphatic carbocycles. The summed E-state index contributed by atoms with van der Waals surface area (Å²) in [5, 5.41) is 0. The molecular weight excluding hydrogens is 114 g/mol. The van der Waals surface area contributed by atoms with Gasteiger partial charge < -0.3 is 4.42 Å². The summed E-state index contributed by atoms with van der Waals surface area (Å²) in [5.74, 6) is 0.856. The Labute approximate surface area is 55.2 Å². The standard InChI is InChI=1S/C4H5NO.C3H6/c1-4-2-5-3-6-4;1-3-2/h2-3H,1H3;3H,1H2,2H3. The van der Waals surface area contributed by atoms with Crippen molar-refractivity contribution in [3.8, 4) is 0 Å². The topological polar surface area (TPSA) is 26.0 Å². The highest BCUT2D eigenvalue weighted by Gasteiger charge is 1.77. The molecule has 0 saturated carbocycles. The van der Waals surface area contributed by atoms with Crippen molar-refractivity contribution in [2.75, 3.05) is 0 Å². The molecule has 0 aliphatic rings. The van der Waals surface area contributed by atoms with E-state index in [2.05, 4.69) is 11.6 Å². The Bertz CT molecular complexity index is 144. The summed E-state index contributed by atoms with van der Waals surface area (Å²) in [5.41, 5.74) is 0. The summed E-state index contributed by atoms with van der Waals surface area (Å²) in [6.07, 6.45) is 4.83. The number of aromatic nitrogens is 1. The van der Waals surface area contributed by atoms with Gasteiger partial charge in [0.2, 0.25) is 0 Å². The van der Waals surface area contributed by atoms with Gasteiger partial charge in [-0.15, -0.1) is 6.58 Å². The zero-order valence-corrected chi connectivity index (χ0v) is 5.79. The molecule has 1 aromatic rings. The molecule has 0 amide bonds. The number of hydrogen-bond acceptors (Lipinski definition) is 2. The highest BCUT2D eigenvalue weighted by molar-refractivity contribution is 4.80. The second-order valence-corrected chi connectivity index (χ2v) is 1.52. The molecule has 0 aromatic carbocycles. The van der Waals surface area contributed by atoms with Crippen molar-refractivity contribution in [2.24, 2.45) is 0 Å². The Hall–Kier alpha value is -1.05. The molecule has 2 heteroatoms. The van der Waals surface area contributed by atoms with E-state index in [1.165, 1.54) is 6.39 Å². The van der Waals surface area contributed by atoms with Crippen molar-refractivity contribution < 1.29 is 4.42 Å². The fourth-order valence-corrected chi connectivity index (χ4v) is 0.279. The van der Waals surface area contributed by atoms with Gasteiger partial charge in [-0.1, -0.05) is 6.08 Å². The van der Waals surface area contributed by atoms with Crippen LogP contribution in [0.15, 0.2) is 29.7 Å². The van der Waals surface area contributed by atoms with Crippen molar-refractivity contribution in [1.82, 2.24) is 4.98 Å². The Morgan fingerprint density at radius 1 is 1.78 bits per heavy atom. The van der Waals surface area contributed by atoms with Crippen LogP contribution in [0.25, 0.3) is 0 Å². The van der Waals surface area contributed by atoms with E-state index in [1.54, 1.807) is 12.3 Å². The molecule has 0 N–H and O–H groups in total. The van der Waals surface area contributed by atoms with Crippen molar-refractivity contribution in [2.45, 2.75) is 13.8 Å². The minimum absolute atomic E-state index is 0.856. The minimum Gasteiger partial charge on any atom is -0.449 e.